The van der Waals surface area contributed by atoms with Gasteiger partial charge in [0.1, 0.15) is 11.4 Å². The quantitative estimate of drug-likeness (QED) is 0.808. The second-order valence-electron chi connectivity index (χ2n) is 5.80. The third kappa shape index (κ3) is 4.26. The first kappa shape index (κ1) is 17.8. The zero-order chi connectivity index (χ0) is 16.8. The van der Waals surface area contributed by atoms with Gasteiger partial charge in [0.2, 0.25) is 11.8 Å². The molecule has 2 unspecified atom stereocenters. The highest BCUT2D eigenvalue weighted by Gasteiger charge is 2.42. The van der Waals surface area contributed by atoms with E-state index in [0.29, 0.717) is 18.9 Å². The lowest BCUT2D eigenvalue weighted by Crippen LogP contribution is -2.49. The zero-order valence-electron chi connectivity index (χ0n) is 13.8. The number of rotatable bonds is 6. The number of ether oxygens (including phenoxy) is 1. The highest BCUT2D eigenvalue weighted by atomic mass is 32.2. The van der Waals surface area contributed by atoms with E-state index in [1.807, 2.05) is 44.2 Å². The lowest BCUT2D eigenvalue weighted by molar-refractivity contribution is -0.142. The molecule has 0 radical (unpaired) electrons. The summed E-state index contributed by atoms with van der Waals surface area (Å²) in [6, 6.07) is 9.44. The minimum atomic E-state index is -0.433. The van der Waals surface area contributed by atoms with Crippen LogP contribution in [0.25, 0.3) is 0 Å². The summed E-state index contributed by atoms with van der Waals surface area (Å²) in [4.78, 5) is 26.9. The molecule has 2 rings (SSSR count). The summed E-state index contributed by atoms with van der Waals surface area (Å²) in [5.74, 6) is 0.364. The molecule has 1 aromatic rings. The fourth-order valence-corrected chi connectivity index (χ4v) is 3.98. The van der Waals surface area contributed by atoms with E-state index in [9.17, 15) is 9.59 Å². The minimum absolute atomic E-state index is 0.00995. The third-order valence-corrected chi connectivity index (χ3v) is 5.06. The minimum Gasteiger partial charge on any atom is -0.383 e. The maximum Gasteiger partial charge on any atom is 0.243 e. The average Bonchev–Trinajstić information content (AvgIpc) is 2.99. The van der Waals surface area contributed by atoms with Gasteiger partial charge in [-0.15, -0.1) is 11.8 Å². The lowest BCUT2D eigenvalue weighted by Gasteiger charge is -2.30. The maximum atomic E-state index is 12.7. The van der Waals surface area contributed by atoms with Crippen molar-refractivity contribution in [3.63, 3.8) is 0 Å². The van der Waals surface area contributed by atoms with Gasteiger partial charge in [-0.1, -0.05) is 44.2 Å². The Morgan fingerprint density at radius 2 is 2.04 bits per heavy atom. The molecule has 126 valence electrons. The van der Waals surface area contributed by atoms with Crippen molar-refractivity contribution < 1.29 is 14.3 Å². The molecule has 6 heteroatoms. The Morgan fingerprint density at radius 3 is 2.65 bits per heavy atom. The number of methoxy groups -OCH3 is 1. The lowest BCUT2D eigenvalue weighted by atomic mass is 10.1. The molecule has 0 saturated carbocycles. The highest BCUT2D eigenvalue weighted by Crippen LogP contribution is 2.42. The first-order valence-electron chi connectivity index (χ1n) is 7.81. The summed E-state index contributed by atoms with van der Waals surface area (Å²) in [6.45, 7) is 4.66. The molecule has 1 aliphatic heterocycles. The molecule has 0 aliphatic carbocycles. The SMILES string of the molecule is COCCNC(=O)C1CSC(c2ccccc2)N1C(=O)C(C)C. The summed E-state index contributed by atoms with van der Waals surface area (Å²) >= 11 is 1.64. The predicted molar refractivity (Wildman–Crippen MR) is 92.0 cm³/mol. The standard InChI is InChI=1S/C17H24N2O3S/c1-12(2)16(21)19-14(15(20)18-9-10-22-3)11-23-17(19)13-7-5-4-6-8-13/h4-8,12,14,17H,9-11H2,1-3H3,(H,18,20). The Bertz CT molecular complexity index is 536. The van der Waals surface area contributed by atoms with Gasteiger partial charge in [0.25, 0.3) is 0 Å². The first-order chi connectivity index (χ1) is 11.1. The van der Waals surface area contributed by atoms with Gasteiger partial charge in [0, 0.05) is 25.3 Å². The van der Waals surface area contributed by atoms with Gasteiger partial charge in [-0.2, -0.15) is 0 Å². The molecule has 0 aromatic heterocycles. The summed E-state index contributed by atoms with van der Waals surface area (Å²) in [5.41, 5.74) is 1.05. The van der Waals surface area contributed by atoms with E-state index >= 15 is 0 Å². The van der Waals surface area contributed by atoms with E-state index in [0.717, 1.165) is 5.56 Å². The van der Waals surface area contributed by atoms with Crippen molar-refractivity contribution in [1.82, 2.24) is 10.2 Å². The van der Waals surface area contributed by atoms with Crippen molar-refractivity contribution in [3.8, 4) is 0 Å². The van der Waals surface area contributed by atoms with Gasteiger partial charge in [-0.3, -0.25) is 9.59 Å². The van der Waals surface area contributed by atoms with Gasteiger partial charge in [0.15, 0.2) is 0 Å². The molecule has 1 aromatic carbocycles. The van der Waals surface area contributed by atoms with Crippen molar-refractivity contribution in [2.75, 3.05) is 26.0 Å². The van der Waals surface area contributed by atoms with Crippen LogP contribution in [-0.4, -0.2) is 48.8 Å². The Kier molecular flexibility index (Phi) is 6.47. The van der Waals surface area contributed by atoms with Crippen molar-refractivity contribution in [1.29, 1.82) is 0 Å². The normalized spacial score (nSPS) is 20.8. The first-order valence-corrected chi connectivity index (χ1v) is 8.86. The molecule has 2 amide bonds. The van der Waals surface area contributed by atoms with Crippen molar-refractivity contribution in [3.05, 3.63) is 35.9 Å². The Hall–Kier alpha value is -1.53. The van der Waals surface area contributed by atoms with Crippen LogP contribution in [0, 0.1) is 5.92 Å². The molecule has 1 fully saturated rings. The van der Waals surface area contributed by atoms with Crippen molar-refractivity contribution >= 4 is 23.6 Å². The van der Waals surface area contributed by atoms with E-state index in [4.69, 9.17) is 4.74 Å². The molecule has 5 nitrogen and oxygen atoms in total. The van der Waals surface area contributed by atoms with Crippen LogP contribution in [0.3, 0.4) is 0 Å². The molecule has 1 heterocycles. The fraction of sp³-hybridized carbons (Fsp3) is 0.529. The molecule has 1 saturated heterocycles. The van der Waals surface area contributed by atoms with Gasteiger partial charge in [-0.05, 0) is 5.56 Å². The van der Waals surface area contributed by atoms with Crippen LogP contribution >= 0.6 is 11.8 Å². The number of hydrogen-bond acceptors (Lipinski definition) is 4. The number of hydrogen-bond donors (Lipinski definition) is 1. The third-order valence-electron chi connectivity index (χ3n) is 3.74. The van der Waals surface area contributed by atoms with Crippen LogP contribution in [0.1, 0.15) is 24.8 Å². The number of carbonyl (C=O) groups is 2. The average molecular weight is 336 g/mol. The van der Waals surface area contributed by atoms with Gasteiger partial charge < -0.3 is 15.0 Å². The molecular weight excluding hydrogens is 312 g/mol. The number of carbonyl (C=O) groups excluding carboxylic acids is 2. The Balaban J connectivity index is 2.19. The van der Waals surface area contributed by atoms with E-state index < -0.39 is 6.04 Å². The number of amides is 2. The van der Waals surface area contributed by atoms with Crippen molar-refractivity contribution in [2.45, 2.75) is 25.3 Å². The van der Waals surface area contributed by atoms with Crippen LogP contribution in [0.2, 0.25) is 0 Å². The molecule has 1 aliphatic rings. The van der Waals surface area contributed by atoms with E-state index in [-0.39, 0.29) is 23.1 Å². The van der Waals surface area contributed by atoms with Crippen LogP contribution in [0.15, 0.2) is 30.3 Å². The topological polar surface area (TPSA) is 58.6 Å². The zero-order valence-corrected chi connectivity index (χ0v) is 14.6. The van der Waals surface area contributed by atoms with Crippen LogP contribution in [0.5, 0.6) is 0 Å². The van der Waals surface area contributed by atoms with Gasteiger partial charge in [0.05, 0.1) is 6.61 Å². The van der Waals surface area contributed by atoms with E-state index in [1.165, 1.54) is 0 Å². The Labute approximate surface area is 141 Å². The second-order valence-corrected chi connectivity index (χ2v) is 6.91. The van der Waals surface area contributed by atoms with Crippen LogP contribution < -0.4 is 5.32 Å². The van der Waals surface area contributed by atoms with Gasteiger partial charge >= 0.3 is 0 Å². The smallest absolute Gasteiger partial charge is 0.243 e. The summed E-state index contributed by atoms with van der Waals surface area (Å²) < 4.78 is 4.96. The molecule has 1 N–H and O–H groups in total. The van der Waals surface area contributed by atoms with E-state index in [2.05, 4.69) is 5.32 Å². The number of nitrogens with one attached hydrogen (secondary N) is 1. The summed E-state index contributed by atoms with van der Waals surface area (Å²) in [5, 5.41) is 2.74. The Morgan fingerprint density at radius 1 is 1.35 bits per heavy atom. The van der Waals surface area contributed by atoms with E-state index in [1.54, 1.807) is 23.8 Å². The summed E-state index contributed by atoms with van der Waals surface area (Å²) in [7, 11) is 1.59. The molecular formula is C17H24N2O3S. The van der Waals surface area contributed by atoms with Crippen molar-refractivity contribution in [2.24, 2.45) is 5.92 Å². The fourth-order valence-electron chi connectivity index (χ4n) is 2.54. The highest BCUT2D eigenvalue weighted by molar-refractivity contribution is 7.99. The summed E-state index contributed by atoms with van der Waals surface area (Å²) in [6.07, 6.45) is 0. The number of thioether (sulfide) groups is 1. The molecule has 2 atom stereocenters. The molecule has 23 heavy (non-hydrogen) atoms. The predicted octanol–water partition coefficient (Wildman–Crippen LogP) is 2.05. The second kappa shape index (κ2) is 8.36. The monoisotopic (exact) mass is 336 g/mol. The number of benzene rings is 1. The van der Waals surface area contributed by atoms with Crippen LogP contribution in [0.4, 0.5) is 0 Å². The maximum absolute atomic E-state index is 12.7. The largest absolute Gasteiger partial charge is 0.383 e. The number of nitrogens with zero attached hydrogens (tertiary/aromatic N) is 1. The van der Waals surface area contributed by atoms with Crippen LogP contribution in [-0.2, 0) is 14.3 Å². The van der Waals surface area contributed by atoms with Gasteiger partial charge in [-0.25, -0.2) is 0 Å². The molecule has 0 spiro atoms. The molecule has 0 bridgehead atoms.